The molecule has 0 spiro atoms. The number of likely N-dealkylation sites (N-methyl/N-ethyl adjacent to an activating group) is 1. The van der Waals surface area contributed by atoms with Gasteiger partial charge in [-0.2, -0.15) is 0 Å². The van der Waals surface area contributed by atoms with Gasteiger partial charge < -0.3 is 20.4 Å². The number of halogens is 2. The molecule has 1 fully saturated rings. The molecular weight excluding hydrogens is 447 g/mol. The van der Waals surface area contributed by atoms with Gasteiger partial charge in [-0.25, -0.2) is 9.97 Å². The molecule has 32 heavy (non-hydrogen) atoms. The topological polar surface area (TPSA) is 78.6 Å². The van der Waals surface area contributed by atoms with Gasteiger partial charge in [0.2, 0.25) is 5.91 Å². The van der Waals surface area contributed by atoms with Crippen molar-refractivity contribution in [3.63, 3.8) is 0 Å². The third kappa shape index (κ3) is 3.93. The van der Waals surface area contributed by atoms with E-state index in [-0.39, 0.29) is 11.9 Å². The Morgan fingerprint density at radius 1 is 1.31 bits per heavy atom. The zero-order chi connectivity index (χ0) is 23.0. The quantitative estimate of drug-likeness (QED) is 0.407. The number of nitrogens with zero attached hydrogens (tertiary/aromatic N) is 5. The minimum absolute atomic E-state index is 0.0163. The van der Waals surface area contributed by atoms with Crippen LogP contribution in [0.3, 0.4) is 0 Å². The van der Waals surface area contributed by atoms with Gasteiger partial charge in [0.1, 0.15) is 23.5 Å². The van der Waals surface area contributed by atoms with Crippen molar-refractivity contribution in [2.45, 2.75) is 30.3 Å². The lowest BCUT2D eigenvalue weighted by atomic mass is 9.78. The number of aromatic nitrogens is 2. The zero-order valence-electron chi connectivity index (χ0n) is 18.5. The van der Waals surface area contributed by atoms with Crippen LogP contribution in [0, 0.1) is 0 Å². The molecule has 2 aliphatic heterocycles. The van der Waals surface area contributed by atoms with Crippen molar-refractivity contribution in [3.8, 4) is 0 Å². The number of carbonyl (C=O) groups excluding carboxylic acids is 1. The highest BCUT2D eigenvalue weighted by Crippen LogP contribution is 2.53. The number of benzene rings is 1. The van der Waals surface area contributed by atoms with Crippen molar-refractivity contribution < 1.29 is 4.79 Å². The van der Waals surface area contributed by atoms with Gasteiger partial charge in [-0.1, -0.05) is 41.4 Å². The maximum Gasteiger partial charge on any atom is 0.246 e. The van der Waals surface area contributed by atoms with Gasteiger partial charge in [0.15, 0.2) is 0 Å². The van der Waals surface area contributed by atoms with Gasteiger partial charge in [0.05, 0.1) is 17.0 Å². The van der Waals surface area contributed by atoms with Gasteiger partial charge in [0.25, 0.3) is 0 Å². The van der Waals surface area contributed by atoms with E-state index < -0.39 is 10.9 Å². The second-order valence-corrected chi connectivity index (χ2v) is 9.65. The minimum Gasteiger partial charge on any atom is -0.383 e. The Morgan fingerprint density at radius 2 is 2.03 bits per heavy atom. The first kappa shape index (κ1) is 22.8. The SMILES string of the molecule is CN(C)C/C=C/C(=O)N1CC[C@@H](N2c3ncnc(N)c3C(C)(c3ccc(Cl)cc3)C2Cl)C1. The summed E-state index contributed by atoms with van der Waals surface area (Å²) >= 11 is 13.3. The van der Waals surface area contributed by atoms with Crippen LogP contribution in [0.15, 0.2) is 42.7 Å². The molecule has 0 radical (unpaired) electrons. The van der Waals surface area contributed by atoms with Gasteiger partial charge >= 0.3 is 0 Å². The third-order valence-corrected chi connectivity index (χ3v) is 7.28. The largest absolute Gasteiger partial charge is 0.383 e. The molecule has 7 nitrogen and oxygen atoms in total. The fourth-order valence-electron chi connectivity index (χ4n) is 4.66. The highest BCUT2D eigenvalue weighted by Gasteiger charge is 2.53. The lowest BCUT2D eigenvalue weighted by Crippen LogP contribution is -2.46. The molecule has 0 saturated carbocycles. The predicted octanol–water partition coefficient (Wildman–Crippen LogP) is 3.12. The van der Waals surface area contributed by atoms with Crippen LogP contribution in [0.25, 0.3) is 0 Å². The van der Waals surface area contributed by atoms with Crippen molar-refractivity contribution in [1.82, 2.24) is 19.8 Å². The molecule has 0 aliphatic carbocycles. The van der Waals surface area contributed by atoms with Crippen LogP contribution in [0.4, 0.5) is 11.6 Å². The monoisotopic (exact) mass is 474 g/mol. The van der Waals surface area contributed by atoms with Crippen LogP contribution in [0.5, 0.6) is 0 Å². The second-order valence-electron chi connectivity index (χ2n) is 8.80. The molecule has 170 valence electrons. The number of hydrogen-bond donors (Lipinski definition) is 1. The number of carbonyl (C=O) groups is 1. The summed E-state index contributed by atoms with van der Waals surface area (Å²) in [6, 6.07) is 7.68. The Labute approximate surface area is 198 Å². The van der Waals surface area contributed by atoms with E-state index in [0.717, 1.165) is 29.9 Å². The summed E-state index contributed by atoms with van der Waals surface area (Å²) < 4.78 is 0. The summed E-state index contributed by atoms with van der Waals surface area (Å²) in [4.78, 5) is 27.5. The summed E-state index contributed by atoms with van der Waals surface area (Å²) in [5.41, 5.74) is 7.09. The number of hydrogen-bond acceptors (Lipinski definition) is 6. The first-order valence-corrected chi connectivity index (χ1v) is 11.4. The van der Waals surface area contributed by atoms with Crippen LogP contribution in [-0.4, -0.2) is 70.9 Å². The Hall–Kier alpha value is -2.35. The molecule has 2 aliphatic rings. The van der Waals surface area contributed by atoms with Crippen molar-refractivity contribution >= 4 is 40.7 Å². The molecule has 3 atom stereocenters. The standard InChI is InChI=1S/C23H28Cl2N6O/c1-23(15-6-8-16(24)9-7-15)19-20(26)27-14-28-21(19)31(22(23)25)17-10-12-30(13-17)18(32)5-4-11-29(2)3/h4-9,14,17,22H,10-13H2,1-3H3,(H2,26,27,28)/b5-4+/t17-,22?,23?/m1/s1. The third-order valence-electron chi connectivity index (χ3n) is 6.38. The second kappa shape index (κ2) is 8.89. The lowest BCUT2D eigenvalue weighted by Gasteiger charge is -2.35. The van der Waals surface area contributed by atoms with E-state index in [1.165, 1.54) is 6.33 Å². The minimum atomic E-state index is -0.629. The molecule has 0 bridgehead atoms. The van der Waals surface area contributed by atoms with Gasteiger partial charge in [-0.3, -0.25) is 4.79 Å². The fourth-order valence-corrected chi connectivity index (χ4v) is 5.28. The van der Waals surface area contributed by atoms with E-state index in [4.69, 9.17) is 28.9 Å². The normalized spacial score (nSPS) is 25.2. The van der Waals surface area contributed by atoms with Crippen LogP contribution >= 0.6 is 23.2 Å². The molecule has 4 rings (SSSR count). The van der Waals surface area contributed by atoms with Gasteiger partial charge in [0, 0.05) is 30.7 Å². The molecule has 1 aromatic heterocycles. The highest BCUT2D eigenvalue weighted by atomic mass is 35.5. The number of anilines is 2. The number of fused-ring (bicyclic) bond motifs is 1. The average molecular weight is 475 g/mol. The van der Waals surface area contributed by atoms with Crippen molar-refractivity contribution in [3.05, 3.63) is 58.9 Å². The Balaban J connectivity index is 1.64. The summed E-state index contributed by atoms with van der Waals surface area (Å²) in [6.45, 7) is 4.04. The molecule has 2 unspecified atom stereocenters. The number of nitrogen functional groups attached to an aromatic ring is 1. The fraction of sp³-hybridized carbons (Fsp3) is 0.435. The van der Waals surface area contributed by atoms with Crippen molar-refractivity contribution in [2.24, 2.45) is 0 Å². The van der Waals surface area contributed by atoms with E-state index in [0.29, 0.717) is 23.9 Å². The first-order valence-electron chi connectivity index (χ1n) is 10.6. The van der Waals surface area contributed by atoms with Gasteiger partial charge in [-0.15, -0.1) is 0 Å². The molecule has 2 N–H and O–H groups in total. The summed E-state index contributed by atoms with van der Waals surface area (Å²) in [5.74, 6) is 1.16. The molecule has 1 amide bonds. The van der Waals surface area contributed by atoms with E-state index in [2.05, 4.69) is 21.8 Å². The van der Waals surface area contributed by atoms with E-state index >= 15 is 0 Å². The molecule has 3 heterocycles. The summed E-state index contributed by atoms with van der Waals surface area (Å²) in [5, 5.41) is 0.656. The summed E-state index contributed by atoms with van der Waals surface area (Å²) in [6.07, 6.45) is 5.81. The average Bonchev–Trinajstić information content (AvgIpc) is 3.31. The lowest BCUT2D eigenvalue weighted by molar-refractivity contribution is -0.125. The van der Waals surface area contributed by atoms with Crippen molar-refractivity contribution in [2.75, 3.05) is 44.4 Å². The Morgan fingerprint density at radius 3 is 2.72 bits per heavy atom. The predicted molar refractivity (Wildman–Crippen MR) is 129 cm³/mol. The molecule has 9 heteroatoms. The van der Waals surface area contributed by atoms with Crippen molar-refractivity contribution in [1.29, 1.82) is 0 Å². The molecular formula is C23H28Cl2N6O. The van der Waals surface area contributed by atoms with Crippen LogP contribution in [0.2, 0.25) is 5.02 Å². The smallest absolute Gasteiger partial charge is 0.246 e. The first-order chi connectivity index (χ1) is 15.2. The zero-order valence-corrected chi connectivity index (χ0v) is 20.0. The van der Waals surface area contributed by atoms with Gasteiger partial charge in [-0.05, 0) is 45.1 Å². The highest BCUT2D eigenvalue weighted by molar-refractivity contribution is 6.30. The Bertz CT molecular complexity index is 1030. The number of amides is 1. The van der Waals surface area contributed by atoms with Crippen LogP contribution < -0.4 is 10.6 Å². The van der Waals surface area contributed by atoms with E-state index in [1.807, 2.05) is 54.2 Å². The maximum absolute atomic E-state index is 12.7. The van der Waals surface area contributed by atoms with E-state index in [1.54, 1.807) is 6.08 Å². The maximum atomic E-state index is 12.7. The number of alkyl halides is 1. The summed E-state index contributed by atoms with van der Waals surface area (Å²) in [7, 11) is 3.94. The van der Waals surface area contributed by atoms with E-state index in [9.17, 15) is 4.79 Å². The Kier molecular flexibility index (Phi) is 6.34. The van der Waals surface area contributed by atoms with Crippen LogP contribution in [-0.2, 0) is 10.2 Å². The molecule has 2 aromatic rings. The number of rotatable bonds is 5. The molecule has 1 aromatic carbocycles. The number of likely N-dealkylation sites (tertiary alicyclic amines) is 1. The number of nitrogens with two attached hydrogens (primary N) is 1. The molecule has 1 saturated heterocycles. The van der Waals surface area contributed by atoms with Crippen LogP contribution in [0.1, 0.15) is 24.5 Å².